The van der Waals surface area contributed by atoms with Crippen LogP contribution < -0.4 is 5.32 Å². The summed E-state index contributed by atoms with van der Waals surface area (Å²) < 4.78 is 5.06. The van der Waals surface area contributed by atoms with Gasteiger partial charge in [0, 0.05) is 28.6 Å². The first kappa shape index (κ1) is 14.4. The predicted molar refractivity (Wildman–Crippen MR) is 81.0 cm³/mol. The molecule has 2 aromatic rings. The Kier molecular flexibility index (Phi) is 4.17. The Bertz CT molecular complexity index is 665. The molecule has 1 aliphatic carbocycles. The summed E-state index contributed by atoms with van der Waals surface area (Å²) in [5.41, 5.74) is 1.82. The van der Waals surface area contributed by atoms with E-state index in [1.165, 1.54) is 0 Å². The fourth-order valence-corrected chi connectivity index (χ4v) is 2.59. The highest BCUT2D eigenvalue weighted by Gasteiger charge is 2.28. The maximum Gasteiger partial charge on any atom is 0.289 e. The van der Waals surface area contributed by atoms with Crippen LogP contribution in [0.5, 0.6) is 0 Å². The van der Waals surface area contributed by atoms with E-state index in [0.717, 1.165) is 24.1 Å². The lowest BCUT2D eigenvalue weighted by molar-refractivity contribution is 0.0917. The van der Waals surface area contributed by atoms with Crippen LogP contribution in [0, 0.1) is 0 Å². The molecule has 0 bridgehead atoms. The molecule has 0 aliphatic heterocycles. The third-order valence-electron chi connectivity index (χ3n) is 3.44. The van der Waals surface area contributed by atoms with E-state index in [1.54, 1.807) is 18.2 Å². The number of hydrogen-bond acceptors (Lipinski definition) is 3. The number of rotatable bonds is 5. The summed E-state index contributed by atoms with van der Waals surface area (Å²) in [6.07, 6.45) is 2.89. The maximum atomic E-state index is 11.9. The van der Waals surface area contributed by atoms with Crippen molar-refractivity contribution in [2.75, 3.05) is 6.54 Å². The van der Waals surface area contributed by atoms with Gasteiger partial charge in [0.25, 0.3) is 5.91 Å². The molecule has 1 N–H and O–H groups in total. The molecule has 0 spiro atoms. The molecule has 21 heavy (non-hydrogen) atoms. The Hall–Kier alpha value is -1.52. The summed E-state index contributed by atoms with van der Waals surface area (Å²) in [5.74, 6) is 0.488. The van der Waals surface area contributed by atoms with Crippen molar-refractivity contribution in [3.63, 3.8) is 0 Å². The van der Waals surface area contributed by atoms with Crippen LogP contribution in [0.2, 0.25) is 10.0 Å². The van der Waals surface area contributed by atoms with Crippen molar-refractivity contribution < 1.29 is 9.32 Å². The number of carbonyl (C=O) groups excluding carboxylic acids is 1. The Morgan fingerprint density at radius 1 is 1.33 bits per heavy atom. The molecular weight excluding hydrogens is 311 g/mol. The smallest absolute Gasteiger partial charge is 0.289 e. The van der Waals surface area contributed by atoms with E-state index >= 15 is 0 Å². The Balaban J connectivity index is 1.53. The van der Waals surface area contributed by atoms with Crippen molar-refractivity contribution in [1.29, 1.82) is 0 Å². The van der Waals surface area contributed by atoms with E-state index in [2.05, 4.69) is 10.5 Å². The first-order valence-electron chi connectivity index (χ1n) is 6.82. The standard InChI is InChI=1S/C15H14Cl2N2O2/c16-11-4-3-9(12(17)7-11)5-6-18-15(20)14-8-13(19-21-14)10-1-2-10/h3-4,7-8,10H,1-2,5-6H2,(H,18,20). The van der Waals surface area contributed by atoms with Crippen molar-refractivity contribution >= 4 is 29.1 Å². The number of nitrogens with zero attached hydrogens (tertiary/aromatic N) is 1. The van der Waals surface area contributed by atoms with Crippen LogP contribution in [-0.2, 0) is 6.42 Å². The van der Waals surface area contributed by atoms with E-state index in [4.69, 9.17) is 27.7 Å². The number of carbonyl (C=O) groups is 1. The lowest BCUT2D eigenvalue weighted by Crippen LogP contribution is -2.25. The van der Waals surface area contributed by atoms with Gasteiger partial charge in [0.15, 0.2) is 0 Å². The van der Waals surface area contributed by atoms with Gasteiger partial charge < -0.3 is 9.84 Å². The highest BCUT2D eigenvalue weighted by atomic mass is 35.5. The van der Waals surface area contributed by atoms with Crippen LogP contribution in [0.15, 0.2) is 28.8 Å². The van der Waals surface area contributed by atoms with Crippen molar-refractivity contribution in [2.45, 2.75) is 25.2 Å². The number of aromatic nitrogens is 1. The lowest BCUT2D eigenvalue weighted by Gasteiger charge is -2.05. The second-order valence-corrected chi connectivity index (χ2v) is 5.98. The molecule has 0 atom stereocenters. The number of amides is 1. The average molecular weight is 325 g/mol. The third kappa shape index (κ3) is 3.57. The summed E-state index contributed by atoms with van der Waals surface area (Å²) in [6, 6.07) is 7.06. The van der Waals surface area contributed by atoms with E-state index < -0.39 is 0 Å². The number of hydrogen-bond donors (Lipinski definition) is 1. The summed E-state index contributed by atoms with van der Waals surface area (Å²) in [6.45, 7) is 0.472. The molecule has 1 aliphatic rings. The highest BCUT2D eigenvalue weighted by Crippen LogP contribution is 2.39. The first-order chi connectivity index (χ1) is 10.1. The lowest BCUT2D eigenvalue weighted by atomic mass is 10.1. The Morgan fingerprint density at radius 3 is 2.86 bits per heavy atom. The second-order valence-electron chi connectivity index (χ2n) is 5.13. The molecule has 1 aromatic heterocycles. The molecule has 3 rings (SSSR count). The fraction of sp³-hybridized carbons (Fsp3) is 0.333. The predicted octanol–water partition coefficient (Wildman–Crippen LogP) is 3.83. The van der Waals surface area contributed by atoms with Gasteiger partial charge in [0.1, 0.15) is 0 Å². The van der Waals surface area contributed by atoms with E-state index in [9.17, 15) is 4.79 Å². The molecule has 1 aromatic carbocycles. The summed E-state index contributed by atoms with van der Waals surface area (Å²) >= 11 is 11.9. The largest absolute Gasteiger partial charge is 0.351 e. The minimum atomic E-state index is -0.250. The number of benzene rings is 1. The molecule has 6 heteroatoms. The van der Waals surface area contributed by atoms with Crippen molar-refractivity contribution in [2.24, 2.45) is 0 Å². The molecule has 1 fully saturated rings. The zero-order valence-corrected chi connectivity index (χ0v) is 12.7. The van der Waals surface area contributed by atoms with Gasteiger partial charge in [0.05, 0.1) is 5.69 Å². The number of halogens is 2. The zero-order valence-electron chi connectivity index (χ0n) is 11.2. The van der Waals surface area contributed by atoms with E-state index in [-0.39, 0.29) is 11.7 Å². The molecule has 4 nitrogen and oxygen atoms in total. The van der Waals surface area contributed by atoms with Crippen molar-refractivity contribution in [3.05, 3.63) is 51.3 Å². The van der Waals surface area contributed by atoms with Crippen LogP contribution in [0.3, 0.4) is 0 Å². The van der Waals surface area contributed by atoms with Gasteiger partial charge in [-0.2, -0.15) is 0 Å². The highest BCUT2D eigenvalue weighted by molar-refractivity contribution is 6.35. The Morgan fingerprint density at radius 2 is 2.14 bits per heavy atom. The van der Waals surface area contributed by atoms with Gasteiger partial charge in [-0.05, 0) is 37.0 Å². The summed E-state index contributed by atoms with van der Waals surface area (Å²) in [5, 5.41) is 7.92. The average Bonchev–Trinajstić information content (AvgIpc) is 3.18. The van der Waals surface area contributed by atoms with Crippen LogP contribution in [0.1, 0.15) is 40.6 Å². The topological polar surface area (TPSA) is 55.1 Å². The van der Waals surface area contributed by atoms with Crippen molar-refractivity contribution in [1.82, 2.24) is 10.5 Å². The van der Waals surface area contributed by atoms with E-state index in [1.807, 2.05) is 6.07 Å². The quantitative estimate of drug-likeness (QED) is 0.909. The van der Waals surface area contributed by atoms with Gasteiger partial charge in [-0.15, -0.1) is 0 Å². The molecule has 1 amide bonds. The van der Waals surface area contributed by atoms with Gasteiger partial charge >= 0.3 is 0 Å². The minimum Gasteiger partial charge on any atom is -0.351 e. The molecule has 110 valence electrons. The van der Waals surface area contributed by atoms with Crippen LogP contribution >= 0.6 is 23.2 Å². The Labute approximate surface area is 132 Å². The molecule has 1 heterocycles. The van der Waals surface area contributed by atoms with Gasteiger partial charge in [0.2, 0.25) is 5.76 Å². The minimum absolute atomic E-state index is 0.250. The van der Waals surface area contributed by atoms with Crippen LogP contribution in [0.25, 0.3) is 0 Å². The fourth-order valence-electron chi connectivity index (χ4n) is 2.09. The van der Waals surface area contributed by atoms with Crippen LogP contribution in [-0.4, -0.2) is 17.6 Å². The van der Waals surface area contributed by atoms with Gasteiger partial charge in [-0.25, -0.2) is 0 Å². The molecular formula is C15H14Cl2N2O2. The second kappa shape index (κ2) is 6.08. The number of nitrogens with one attached hydrogen (secondary N) is 1. The summed E-state index contributed by atoms with van der Waals surface area (Å²) in [7, 11) is 0. The zero-order chi connectivity index (χ0) is 14.8. The van der Waals surface area contributed by atoms with Crippen LogP contribution in [0.4, 0.5) is 0 Å². The maximum absolute atomic E-state index is 11.9. The first-order valence-corrected chi connectivity index (χ1v) is 7.58. The molecule has 0 unspecified atom stereocenters. The summed E-state index contributed by atoms with van der Waals surface area (Å²) in [4.78, 5) is 11.9. The molecule has 0 saturated heterocycles. The van der Waals surface area contributed by atoms with Gasteiger partial charge in [-0.1, -0.05) is 34.4 Å². The van der Waals surface area contributed by atoms with Gasteiger partial charge in [-0.3, -0.25) is 4.79 Å². The SMILES string of the molecule is O=C(NCCc1ccc(Cl)cc1Cl)c1cc(C2CC2)no1. The molecule has 1 saturated carbocycles. The van der Waals surface area contributed by atoms with E-state index in [0.29, 0.717) is 28.9 Å². The molecule has 0 radical (unpaired) electrons. The van der Waals surface area contributed by atoms with Crippen molar-refractivity contribution in [3.8, 4) is 0 Å². The monoisotopic (exact) mass is 324 g/mol. The third-order valence-corrected chi connectivity index (χ3v) is 4.03. The normalized spacial score (nSPS) is 14.2.